The zero-order valence-corrected chi connectivity index (χ0v) is 10.9. The molecule has 0 atom stereocenters. The molecule has 17 heavy (non-hydrogen) atoms. The van der Waals surface area contributed by atoms with Crippen LogP contribution in [0.3, 0.4) is 0 Å². The van der Waals surface area contributed by atoms with Gasteiger partial charge in [-0.15, -0.1) is 0 Å². The highest BCUT2D eigenvalue weighted by Crippen LogP contribution is 2.34. The van der Waals surface area contributed by atoms with E-state index in [-0.39, 0.29) is 18.3 Å². The SMILES string of the molecule is CNCC(C)(C)CN1CCC(C(F)(F)F)CC1. The minimum absolute atomic E-state index is 0.111. The van der Waals surface area contributed by atoms with Crippen molar-refractivity contribution >= 4 is 0 Å². The third-order valence-corrected chi connectivity index (χ3v) is 3.36. The van der Waals surface area contributed by atoms with Crippen LogP contribution in [0.2, 0.25) is 0 Å². The van der Waals surface area contributed by atoms with E-state index in [1.165, 1.54) is 0 Å². The quantitative estimate of drug-likeness (QED) is 0.827. The maximum absolute atomic E-state index is 12.5. The Kier molecular flexibility index (Phi) is 4.84. The second-order valence-corrected chi connectivity index (χ2v) is 5.79. The molecule has 0 spiro atoms. The zero-order chi connectivity index (χ0) is 13.1. The first kappa shape index (κ1) is 14.8. The van der Waals surface area contributed by atoms with Gasteiger partial charge in [-0.05, 0) is 38.4 Å². The molecular formula is C12H23F3N2. The Bertz CT molecular complexity index is 230. The molecule has 0 aromatic heterocycles. The molecular weight excluding hydrogens is 229 g/mol. The summed E-state index contributed by atoms with van der Waals surface area (Å²) in [4.78, 5) is 2.15. The van der Waals surface area contributed by atoms with Crippen LogP contribution in [0, 0.1) is 11.3 Å². The maximum atomic E-state index is 12.5. The highest BCUT2D eigenvalue weighted by Gasteiger charge is 2.41. The first-order valence-corrected chi connectivity index (χ1v) is 6.18. The van der Waals surface area contributed by atoms with Crippen molar-refractivity contribution in [2.45, 2.75) is 32.9 Å². The largest absolute Gasteiger partial charge is 0.391 e. The summed E-state index contributed by atoms with van der Waals surface area (Å²) in [6.07, 6.45) is -3.51. The Balaban J connectivity index is 2.37. The van der Waals surface area contributed by atoms with Crippen molar-refractivity contribution in [3.05, 3.63) is 0 Å². The van der Waals surface area contributed by atoms with E-state index in [1.807, 2.05) is 7.05 Å². The number of hydrogen-bond donors (Lipinski definition) is 1. The molecule has 0 bridgehead atoms. The van der Waals surface area contributed by atoms with E-state index in [9.17, 15) is 13.2 Å². The van der Waals surface area contributed by atoms with Crippen molar-refractivity contribution in [2.75, 3.05) is 33.2 Å². The van der Waals surface area contributed by atoms with Crippen LogP contribution in [-0.4, -0.2) is 44.3 Å². The van der Waals surface area contributed by atoms with Gasteiger partial charge in [-0.2, -0.15) is 13.2 Å². The standard InChI is InChI=1S/C12H23F3N2/c1-11(2,8-16-3)9-17-6-4-10(5-7-17)12(13,14)15/h10,16H,4-9H2,1-3H3. The van der Waals surface area contributed by atoms with Crippen LogP contribution in [0.1, 0.15) is 26.7 Å². The molecule has 0 aromatic carbocycles. The number of halogens is 3. The van der Waals surface area contributed by atoms with Gasteiger partial charge < -0.3 is 10.2 Å². The van der Waals surface area contributed by atoms with E-state index in [0.717, 1.165) is 13.1 Å². The zero-order valence-electron chi connectivity index (χ0n) is 10.9. The van der Waals surface area contributed by atoms with Crippen molar-refractivity contribution in [1.29, 1.82) is 0 Å². The summed E-state index contributed by atoms with van der Waals surface area (Å²) >= 11 is 0. The summed E-state index contributed by atoms with van der Waals surface area (Å²) < 4.78 is 37.5. The van der Waals surface area contributed by atoms with E-state index < -0.39 is 12.1 Å². The smallest absolute Gasteiger partial charge is 0.319 e. The lowest BCUT2D eigenvalue weighted by molar-refractivity contribution is -0.185. The van der Waals surface area contributed by atoms with Crippen molar-refractivity contribution in [3.63, 3.8) is 0 Å². The second kappa shape index (κ2) is 5.57. The highest BCUT2D eigenvalue weighted by atomic mass is 19.4. The van der Waals surface area contributed by atoms with Gasteiger partial charge in [0.15, 0.2) is 0 Å². The van der Waals surface area contributed by atoms with Crippen LogP contribution in [0.15, 0.2) is 0 Å². The van der Waals surface area contributed by atoms with Gasteiger partial charge >= 0.3 is 6.18 Å². The second-order valence-electron chi connectivity index (χ2n) is 5.79. The minimum Gasteiger partial charge on any atom is -0.319 e. The summed E-state index contributed by atoms with van der Waals surface area (Å²) in [7, 11) is 1.90. The molecule has 1 rings (SSSR count). The average Bonchev–Trinajstić information content (AvgIpc) is 2.16. The molecule has 5 heteroatoms. The molecule has 1 aliphatic heterocycles. The van der Waals surface area contributed by atoms with Crippen LogP contribution < -0.4 is 5.32 Å². The van der Waals surface area contributed by atoms with Crippen LogP contribution >= 0.6 is 0 Å². The summed E-state index contributed by atoms with van der Waals surface area (Å²) in [6, 6.07) is 0. The molecule has 0 saturated carbocycles. The Hall–Kier alpha value is -0.290. The Morgan fingerprint density at radius 1 is 1.18 bits per heavy atom. The van der Waals surface area contributed by atoms with E-state index >= 15 is 0 Å². The van der Waals surface area contributed by atoms with E-state index in [2.05, 4.69) is 24.1 Å². The fourth-order valence-electron chi connectivity index (χ4n) is 2.56. The third kappa shape index (κ3) is 4.84. The van der Waals surface area contributed by atoms with Gasteiger partial charge in [0, 0.05) is 13.1 Å². The van der Waals surface area contributed by atoms with Crippen molar-refractivity contribution < 1.29 is 13.2 Å². The highest BCUT2D eigenvalue weighted by molar-refractivity contribution is 4.81. The minimum atomic E-state index is -4.01. The lowest BCUT2D eigenvalue weighted by atomic mass is 9.90. The van der Waals surface area contributed by atoms with Gasteiger partial charge in [-0.25, -0.2) is 0 Å². The summed E-state index contributed by atoms with van der Waals surface area (Å²) in [5.74, 6) is -1.09. The number of nitrogens with one attached hydrogen (secondary N) is 1. The number of piperidine rings is 1. The molecule has 0 aliphatic carbocycles. The molecule has 1 fully saturated rings. The molecule has 2 nitrogen and oxygen atoms in total. The van der Waals surface area contributed by atoms with Crippen molar-refractivity contribution in [1.82, 2.24) is 10.2 Å². The topological polar surface area (TPSA) is 15.3 Å². The van der Waals surface area contributed by atoms with Gasteiger partial charge in [-0.1, -0.05) is 13.8 Å². The monoisotopic (exact) mass is 252 g/mol. The number of nitrogens with zero attached hydrogens (tertiary/aromatic N) is 1. The fraction of sp³-hybridized carbons (Fsp3) is 1.00. The Labute approximate surface area is 102 Å². The van der Waals surface area contributed by atoms with Gasteiger partial charge in [0.25, 0.3) is 0 Å². The normalized spacial score (nSPS) is 20.8. The van der Waals surface area contributed by atoms with Gasteiger partial charge in [0.1, 0.15) is 0 Å². The molecule has 102 valence electrons. The molecule has 1 N–H and O–H groups in total. The number of rotatable bonds is 4. The van der Waals surface area contributed by atoms with E-state index in [0.29, 0.717) is 13.1 Å². The number of alkyl halides is 3. The van der Waals surface area contributed by atoms with E-state index in [1.54, 1.807) is 0 Å². The van der Waals surface area contributed by atoms with Crippen molar-refractivity contribution in [2.24, 2.45) is 11.3 Å². The molecule has 1 aliphatic rings. The molecule has 0 aromatic rings. The number of hydrogen-bond acceptors (Lipinski definition) is 2. The van der Waals surface area contributed by atoms with Crippen LogP contribution in [0.4, 0.5) is 13.2 Å². The Morgan fingerprint density at radius 3 is 2.12 bits per heavy atom. The lowest BCUT2D eigenvalue weighted by Gasteiger charge is -2.37. The molecule has 0 unspecified atom stereocenters. The summed E-state index contributed by atoms with van der Waals surface area (Å²) in [5, 5.41) is 3.12. The molecule has 0 amide bonds. The van der Waals surface area contributed by atoms with Gasteiger partial charge in [0.2, 0.25) is 0 Å². The number of likely N-dealkylation sites (tertiary alicyclic amines) is 1. The molecule has 1 saturated heterocycles. The van der Waals surface area contributed by atoms with E-state index in [4.69, 9.17) is 0 Å². The lowest BCUT2D eigenvalue weighted by Crippen LogP contribution is -2.45. The Morgan fingerprint density at radius 2 is 1.71 bits per heavy atom. The molecule has 1 heterocycles. The third-order valence-electron chi connectivity index (χ3n) is 3.36. The maximum Gasteiger partial charge on any atom is 0.391 e. The van der Waals surface area contributed by atoms with Crippen molar-refractivity contribution in [3.8, 4) is 0 Å². The summed E-state index contributed by atoms with van der Waals surface area (Å²) in [6.45, 7) is 7.15. The predicted octanol–water partition coefficient (Wildman–Crippen LogP) is 2.51. The van der Waals surface area contributed by atoms with Crippen LogP contribution in [0.25, 0.3) is 0 Å². The molecule has 0 radical (unpaired) electrons. The predicted molar refractivity (Wildman–Crippen MR) is 62.9 cm³/mol. The summed E-state index contributed by atoms with van der Waals surface area (Å²) in [5.41, 5.74) is 0.111. The first-order valence-electron chi connectivity index (χ1n) is 6.18. The first-order chi connectivity index (χ1) is 7.74. The van der Waals surface area contributed by atoms with Crippen LogP contribution in [0.5, 0.6) is 0 Å². The average molecular weight is 252 g/mol. The fourth-order valence-corrected chi connectivity index (χ4v) is 2.56. The van der Waals surface area contributed by atoms with Gasteiger partial charge in [0.05, 0.1) is 5.92 Å². The van der Waals surface area contributed by atoms with Gasteiger partial charge in [-0.3, -0.25) is 0 Å². The van der Waals surface area contributed by atoms with Crippen LogP contribution in [-0.2, 0) is 0 Å².